The summed E-state index contributed by atoms with van der Waals surface area (Å²) in [6.07, 6.45) is -13.7. The number of benzene rings is 1. The lowest BCUT2D eigenvalue weighted by molar-refractivity contribution is -0.253. The van der Waals surface area contributed by atoms with Gasteiger partial charge in [0.05, 0.1) is 0 Å². The van der Waals surface area contributed by atoms with Gasteiger partial charge < -0.3 is 10.5 Å². The summed E-state index contributed by atoms with van der Waals surface area (Å²) in [5, 5.41) is 0. The van der Waals surface area contributed by atoms with Gasteiger partial charge in [-0.25, -0.2) is 0 Å². The number of alkyl halides is 7. The van der Waals surface area contributed by atoms with Gasteiger partial charge in [0.15, 0.2) is 0 Å². The van der Waals surface area contributed by atoms with E-state index >= 15 is 0 Å². The van der Waals surface area contributed by atoms with Crippen molar-refractivity contribution in [3.63, 3.8) is 0 Å². The molecule has 0 radical (unpaired) electrons. The molecule has 116 valence electrons. The van der Waals surface area contributed by atoms with Gasteiger partial charge in [0.25, 0.3) is 0 Å². The van der Waals surface area contributed by atoms with Gasteiger partial charge in [-0.05, 0) is 17.7 Å². The van der Waals surface area contributed by atoms with E-state index in [4.69, 9.17) is 5.73 Å². The monoisotopic (exact) mass is 327 g/mol. The van der Waals surface area contributed by atoms with Crippen LogP contribution in [0.25, 0.3) is 0 Å². The fourth-order valence-electron chi connectivity index (χ4n) is 1.16. The quantitative estimate of drug-likeness (QED) is 0.851. The van der Waals surface area contributed by atoms with Crippen molar-refractivity contribution in [3.8, 4) is 5.75 Å². The van der Waals surface area contributed by atoms with E-state index in [2.05, 4.69) is 4.74 Å². The molecule has 0 aromatic heterocycles. The van der Waals surface area contributed by atoms with E-state index in [1.54, 1.807) is 0 Å². The summed E-state index contributed by atoms with van der Waals surface area (Å²) in [5.41, 5.74) is 4.27. The van der Waals surface area contributed by atoms with Gasteiger partial charge in [0.2, 0.25) is 0 Å². The molecule has 0 saturated carbocycles. The molecule has 0 amide bonds. The molecule has 20 heavy (non-hydrogen) atoms. The van der Waals surface area contributed by atoms with Gasteiger partial charge in [-0.15, -0.1) is 12.4 Å². The van der Waals surface area contributed by atoms with Crippen LogP contribution in [-0.2, 0) is 0 Å². The van der Waals surface area contributed by atoms with Crippen LogP contribution in [0.4, 0.5) is 30.7 Å². The van der Waals surface area contributed by atoms with Crippen molar-refractivity contribution in [3.05, 3.63) is 29.8 Å². The molecule has 1 rings (SSSR count). The Morgan fingerprint density at radius 3 is 2.05 bits per heavy atom. The van der Waals surface area contributed by atoms with Crippen molar-refractivity contribution in [2.45, 2.75) is 24.8 Å². The van der Waals surface area contributed by atoms with Crippen molar-refractivity contribution < 1.29 is 35.5 Å². The van der Waals surface area contributed by atoms with E-state index in [9.17, 15) is 30.7 Å². The SMILES string of the molecule is Cl.N[C@@H](c1cccc(OC(F)(F)C(F)F)c1)C(F)(F)F. The maximum atomic E-state index is 12.6. The Labute approximate surface area is 115 Å². The van der Waals surface area contributed by atoms with E-state index in [0.717, 1.165) is 18.2 Å². The molecule has 0 fully saturated rings. The first-order valence-electron chi connectivity index (χ1n) is 4.81. The Bertz CT molecular complexity index is 438. The zero-order chi connectivity index (χ0) is 14.8. The number of nitrogens with two attached hydrogens (primary N) is 1. The Kier molecular flexibility index (Phi) is 6.09. The Balaban J connectivity index is 0.00000361. The largest absolute Gasteiger partial charge is 0.461 e. The van der Waals surface area contributed by atoms with Crippen LogP contribution in [0.3, 0.4) is 0 Å². The number of hydrogen-bond donors (Lipinski definition) is 1. The molecule has 0 bridgehead atoms. The molecule has 0 aliphatic heterocycles. The second-order valence-electron chi connectivity index (χ2n) is 3.56. The summed E-state index contributed by atoms with van der Waals surface area (Å²) in [6.45, 7) is 0. The number of rotatable bonds is 4. The topological polar surface area (TPSA) is 35.2 Å². The molecule has 1 aromatic carbocycles. The van der Waals surface area contributed by atoms with Crippen LogP contribution >= 0.6 is 12.4 Å². The third kappa shape index (κ3) is 4.71. The van der Waals surface area contributed by atoms with Gasteiger partial charge in [-0.1, -0.05) is 12.1 Å². The van der Waals surface area contributed by atoms with Gasteiger partial charge in [0, 0.05) is 0 Å². The van der Waals surface area contributed by atoms with Crippen molar-refractivity contribution >= 4 is 12.4 Å². The van der Waals surface area contributed by atoms with Crippen LogP contribution in [-0.4, -0.2) is 18.7 Å². The smallest absolute Gasteiger partial charge is 0.428 e. The van der Waals surface area contributed by atoms with Gasteiger partial charge in [-0.2, -0.15) is 30.7 Å². The first kappa shape index (κ1) is 18.8. The first-order chi connectivity index (χ1) is 8.54. The third-order valence-electron chi connectivity index (χ3n) is 2.08. The highest BCUT2D eigenvalue weighted by atomic mass is 35.5. The van der Waals surface area contributed by atoms with E-state index in [1.807, 2.05) is 0 Å². The van der Waals surface area contributed by atoms with E-state index in [-0.39, 0.29) is 12.4 Å². The fraction of sp³-hybridized carbons (Fsp3) is 0.400. The Morgan fingerprint density at radius 1 is 1.05 bits per heavy atom. The van der Waals surface area contributed by atoms with Gasteiger partial charge in [0.1, 0.15) is 11.8 Å². The van der Waals surface area contributed by atoms with Crippen molar-refractivity contribution in [1.29, 1.82) is 0 Å². The van der Waals surface area contributed by atoms with Crippen molar-refractivity contribution in [2.75, 3.05) is 0 Å². The highest BCUT2D eigenvalue weighted by Crippen LogP contribution is 2.33. The second-order valence-corrected chi connectivity index (χ2v) is 3.56. The Hall–Kier alpha value is -1.22. The van der Waals surface area contributed by atoms with Crippen LogP contribution in [0.5, 0.6) is 5.75 Å². The predicted molar refractivity (Wildman–Crippen MR) is 58.3 cm³/mol. The summed E-state index contributed by atoms with van der Waals surface area (Å²) in [4.78, 5) is 0. The van der Waals surface area contributed by atoms with Crippen LogP contribution in [0, 0.1) is 0 Å². The zero-order valence-corrected chi connectivity index (χ0v) is 10.3. The lowest BCUT2D eigenvalue weighted by Gasteiger charge is -2.19. The molecule has 10 heteroatoms. The standard InChI is InChI=1S/C10H8F7NO.ClH/c11-8(12)10(16,17)19-6-3-1-2-5(4-6)7(18)9(13,14)15;/h1-4,7-8H,18H2;1H/t7-;/m0./s1. The molecule has 0 spiro atoms. The minimum atomic E-state index is -4.79. The summed E-state index contributed by atoms with van der Waals surface area (Å²) < 4.78 is 89.4. The molecule has 2 nitrogen and oxygen atoms in total. The summed E-state index contributed by atoms with van der Waals surface area (Å²) >= 11 is 0. The van der Waals surface area contributed by atoms with Gasteiger partial charge in [-0.3, -0.25) is 0 Å². The lowest BCUT2D eigenvalue weighted by Crippen LogP contribution is -2.33. The predicted octanol–water partition coefficient (Wildman–Crippen LogP) is 3.91. The van der Waals surface area contributed by atoms with Crippen molar-refractivity contribution in [1.82, 2.24) is 0 Å². The molecule has 0 aliphatic carbocycles. The molecule has 2 N–H and O–H groups in total. The van der Waals surface area contributed by atoms with Crippen molar-refractivity contribution in [2.24, 2.45) is 5.73 Å². The molecular weight excluding hydrogens is 319 g/mol. The second kappa shape index (κ2) is 6.49. The maximum absolute atomic E-state index is 12.6. The average Bonchev–Trinajstić information content (AvgIpc) is 2.26. The number of hydrogen-bond acceptors (Lipinski definition) is 2. The fourth-order valence-corrected chi connectivity index (χ4v) is 1.16. The first-order valence-corrected chi connectivity index (χ1v) is 4.81. The highest BCUT2D eigenvalue weighted by Gasteiger charge is 2.44. The van der Waals surface area contributed by atoms with Crippen LogP contribution < -0.4 is 10.5 Å². The van der Waals surface area contributed by atoms with Crippen LogP contribution in [0.1, 0.15) is 11.6 Å². The molecular formula is C10H9ClF7NO. The molecule has 0 unspecified atom stereocenters. The zero-order valence-electron chi connectivity index (χ0n) is 9.50. The van der Waals surface area contributed by atoms with Crippen LogP contribution in [0.2, 0.25) is 0 Å². The maximum Gasteiger partial charge on any atom is 0.461 e. The van der Waals surface area contributed by atoms with Gasteiger partial charge >= 0.3 is 18.7 Å². The minimum absolute atomic E-state index is 0. The van der Waals surface area contributed by atoms with E-state index in [1.165, 1.54) is 0 Å². The van der Waals surface area contributed by atoms with Crippen LogP contribution in [0.15, 0.2) is 24.3 Å². The third-order valence-corrected chi connectivity index (χ3v) is 2.08. The normalized spacial score (nSPS) is 13.8. The summed E-state index contributed by atoms with van der Waals surface area (Å²) in [7, 11) is 0. The molecule has 0 aliphatic rings. The van der Waals surface area contributed by atoms with E-state index < -0.39 is 36.1 Å². The number of ether oxygens (including phenoxy) is 1. The molecule has 0 saturated heterocycles. The van der Waals surface area contributed by atoms with E-state index in [0.29, 0.717) is 6.07 Å². The summed E-state index contributed by atoms with van der Waals surface area (Å²) in [6, 6.07) is 0.803. The number of halogens is 8. The molecule has 1 aromatic rings. The average molecular weight is 328 g/mol. The molecule has 1 atom stereocenters. The summed E-state index contributed by atoms with van der Waals surface area (Å²) in [5.74, 6) is -0.831. The lowest BCUT2D eigenvalue weighted by atomic mass is 10.1. The minimum Gasteiger partial charge on any atom is -0.428 e. The highest BCUT2D eigenvalue weighted by molar-refractivity contribution is 5.85. The Morgan fingerprint density at radius 2 is 1.60 bits per heavy atom. The molecule has 0 heterocycles.